The zero-order chi connectivity index (χ0) is 15.8. The minimum atomic E-state index is -0.290. The average Bonchev–Trinajstić information content (AvgIpc) is 2.52. The summed E-state index contributed by atoms with van der Waals surface area (Å²) in [7, 11) is 6.04. The van der Waals surface area contributed by atoms with Crippen LogP contribution < -0.4 is 25.3 Å². The largest absolute Gasteiger partial charge is 0.493 e. The van der Waals surface area contributed by atoms with Crippen molar-refractivity contribution in [1.82, 2.24) is 5.32 Å². The van der Waals surface area contributed by atoms with Crippen molar-refractivity contribution in [3.8, 4) is 17.2 Å². The molecule has 1 aromatic carbocycles. The van der Waals surface area contributed by atoms with E-state index in [-0.39, 0.29) is 18.5 Å². The van der Waals surface area contributed by atoms with Crippen LogP contribution in [0.3, 0.4) is 0 Å². The van der Waals surface area contributed by atoms with Gasteiger partial charge < -0.3 is 30.0 Å². The molecule has 0 aliphatic heterocycles. The summed E-state index contributed by atoms with van der Waals surface area (Å²) in [5, 5.41) is 2.78. The molecular formula is C14H22N2O5. The molecule has 0 aliphatic rings. The molecule has 1 rings (SSSR count). The Kier molecular flexibility index (Phi) is 6.77. The van der Waals surface area contributed by atoms with Gasteiger partial charge in [0.25, 0.3) is 5.91 Å². The van der Waals surface area contributed by atoms with Gasteiger partial charge in [0.05, 0.1) is 34.0 Å². The maximum Gasteiger partial charge on any atom is 0.251 e. The molecule has 0 aliphatic carbocycles. The van der Waals surface area contributed by atoms with Gasteiger partial charge in [0.1, 0.15) is 0 Å². The third kappa shape index (κ3) is 4.24. The summed E-state index contributed by atoms with van der Waals surface area (Å²) in [5.74, 6) is 0.974. The van der Waals surface area contributed by atoms with E-state index in [0.29, 0.717) is 29.4 Å². The highest BCUT2D eigenvalue weighted by Crippen LogP contribution is 2.38. The van der Waals surface area contributed by atoms with Crippen LogP contribution in [0.1, 0.15) is 10.4 Å². The normalized spacial score (nSPS) is 11.7. The SMILES string of the molecule is COCC(CN)NC(=O)c1cc(OC)c(OC)c(OC)c1. The predicted octanol–water partition coefficient (Wildman–Crippen LogP) is 0.416. The second-order valence-electron chi connectivity index (χ2n) is 4.28. The number of nitrogens with one attached hydrogen (secondary N) is 1. The van der Waals surface area contributed by atoms with Crippen LogP contribution >= 0.6 is 0 Å². The van der Waals surface area contributed by atoms with Crippen molar-refractivity contribution in [2.75, 3.05) is 41.6 Å². The first-order chi connectivity index (χ1) is 10.1. The van der Waals surface area contributed by atoms with E-state index in [1.165, 1.54) is 21.3 Å². The Morgan fingerprint density at radius 2 is 1.71 bits per heavy atom. The number of nitrogens with two attached hydrogens (primary N) is 1. The van der Waals surface area contributed by atoms with Gasteiger partial charge in [-0.2, -0.15) is 0 Å². The van der Waals surface area contributed by atoms with Crippen molar-refractivity contribution in [2.45, 2.75) is 6.04 Å². The van der Waals surface area contributed by atoms with E-state index in [2.05, 4.69) is 5.32 Å². The molecular weight excluding hydrogens is 276 g/mol. The lowest BCUT2D eigenvalue weighted by molar-refractivity contribution is 0.0900. The van der Waals surface area contributed by atoms with Crippen LogP contribution in [0.5, 0.6) is 17.2 Å². The van der Waals surface area contributed by atoms with Gasteiger partial charge in [-0.25, -0.2) is 0 Å². The Bertz CT molecular complexity index is 453. The molecule has 1 aromatic rings. The first-order valence-corrected chi connectivity index (χ1v) is 6.41. The quantitative estimate of drug-likeness (QED) is 0.722. The number of carbonyl (C=O) groups is 1. The Hall–Kier alpha value is -1.99. The molecule has 21 heavy (non-hydrogen) atoms. The van der Waals surface area contributed by atoms with Crippen LogP contribution in [-0.2, 0) is 4.74 Å². The number of ether oxygens (including phenoxy) is 4. The molecule has 1 atom stereocenters. The zero-order valence-electron chi connectivity index (χ0n) is 12.8. The number of amides is 1. The number of hydrogen-bond acceptors (Lipinski definition) is 6. The van der Waals surface area contributed by atoms with Crippen molar-refractivity contribution in [3.63, 3.8) is 0 Å². The van der Waals surface area contributed by atoms with Crippen LogP contribution in [0, 0.1) is 0 Å². The minimum absolute atomic E-state index is 0.262. The van der Waals surface area contributed by atoms with Crippen molar-refractivity contribution < 1.29 is 23.7 Å². The average molecular weight is 298 g/mol. The molecule has 1 amide bonds. The predicted molar refractivity (Wildman–Crippen MR) is 78.3 cm³/mol. The van der Waals surface area contributed by atoms with Gasteiger partial charge in [-0.15, -0.1) is 0 Å². The third-order valence-electron chi connectivity index (χ3n) is 2.91. The second kappa shape index (κ2) is 8.33. The summed E-state index contributed by atoms with van der Waals surface area (Å²) in [6, 6.07) is 2.90. The maximum atomic E-state index is 12.3. The monoisotopic (exact) mass is 298 g/mol. The van der Waals surface area contributed by atoms with Crippen LogP contribution in [0.25, 0.3) is 0 Å². The highest BCUT2D eigenvalue weighted by atomic mass is 16.5. The van der Waals surface area contributed by atoms with E-state index in [4.69, 9.17) is 24.7 Å². The van der Waals surface area contributed by atoms with Gasteiger partial charge in [0.2, 0.25) is 5.75 Å². The smallest absolute Gasteiger partial charge is 0.251 e. The van der Waals surface area contributed by atoms with E-state index in [1.807, 2.05) is 0 Å². The Labute approximate surface area is 124 Å². The van der Waals surface area contributed by atoms with Gasteiger partial charge in [-0.1, -0.05) is 0 Å². The van der Waals surface area contributed by atoms with Gasteiger partial charge in [-0.05, 0) is 12.1 Å². The lowest BCUT2D eigenvalue weighted by Crippen LogP contribution is -2.43. The second-order valence-corrected chi connectivity index (χ2v) is 4.28. The lowest BCUT2D eigenvalue weighted by Gasteiger charge is -2.17. The highest BCUT2D eigenvalue weighted by molar-refractivity contribution is 5.95. The number of carbonyl (C=O) groups excluding carboxylic acids is 1. The number of hydrogen-bond donors (Lipinski definition) is 2. The van der Waals surface area contributed by atoms with E-state index in [0.717, 1.165) is 0 Å². The van der Waals surface area contributed by atoms with E-state index >= 15 is 0 Å². The number of rotatable bonds is 8. The van der Waals surface area contributed by atoms with Crippen molar-refractivity contribution >= 4 is 5.91 Å². The molecule has 118 valence electrons. The standard InChI is InChI=1S/C14H22N2O5/c1-18-8-10(7-15)16-14(17)9-5-11(19-2)13(21-4)12(6-9)20-3/h5-6,10H,7-8,15H2,1-4H3,(H,16,17). The van der Waals surface area contributed by atoms with Crippen molar-refractivity contribution in [3.05, 3.63) is 17.7 Å². The molecule has 7 heteroatoms. The summed E-state index contributed by atoms with van der Waals surface area (Å²) >= 11 is 0. The molecule has 0 aromatic heterocycles. The van der Waals surface area contributed by atoms with E-state index < -0.39 is 0 Å². The molecule has 1 unspecified atom stereocenters. The maximum absolute atomic E-state index is 12.3. The summed E-state index contributed by atoms with van der Waals surface area (Å²) in [4.78, 5) is 12.3. The van der Waals surface area contributed by atoms with Crippen molar-refractivity contribution in [2.24, 2.45) is 5.73 Å². The van der Waals surface area contributed by atoms with Crippen LogP contribution in [0.4, 0.5) is 0 Å². The van der Waals surface area contributed by atoms with Gasteiger partial charge in [0, 0.05) is 19.2 Å². The molecule has 0 radical (unpaired) electrons. The van der Waals surface area contributed by atoms with Gasteiger partial charge in [0.15, 0.2) is 11.5 Å². The van der Waals surface area contributed by atoms with Crippen LogP contribution in [0.15, 0.2) is 12.1 Å². The van der Waals surface area contributed by atoms with E-state index in [1.54, 1.807) is 19.2 Å². The summed E-state index contributed by atoms with van der Waals surface area (Å²) in [6.45, 7) is 0.622. The topological polar surface area (TPSA) is 92.0 Å². The fourth-order valence-electron chi connectivity index (χ4n) is 1.85. The summed E-state index contributed by atoms with van der Waals surface area (Å²) in [5.41, 5.74) is 5.97. The molecule has 0 heterocycles. The Balaban J connectivity index is 3.04. The molecule has 0 saturated heterocycles. The fraction of sp³-hybridized carbons (Fsp3) is 0.500. The summed E-state index contributed by atoms with van der Waals surface area (Å²) in [6.07, 6.45) is 0. The third-order valence-corrected chi connectivity index (χ3v) is 2.91. The van der Waals surface area contributed by atoms with Gasteiger partial charge in [-0.3, -0.25) is 4.79 Å². The molecule has 3 N–H and O–H groups in total. The Morgan fingerprint density at radius 3 is 2.10 bits per heavy atom. The minimum Gasteiger partial charge on any atom is -0.493 e. The zero-order valence-corrected chi connectivity index (χ0v) is 12.8. The van der Waals surface area contributed by atoms with Gasteiger partial charge >= 0.3 is 0 Å². The van der Waals surface area contributed by atoms with Crippen molar-refractivity contribution in [1.29, 1.82) is 0 Å². The Morgan fingerprint density at radius 1 is 1.14 bits per heavy atom. The van der Waals surface area contributed by atoms with Crippen LogP contribution in [-0.4, -0.2) is 53.5 Å². The fourth-order valence-corrected chi connectivity index (χ4v) is 1.85. The first-order valence-electron chi connectivity index (χ1n) is 6.41. The summed E-state index contributed by atoms with van der Waals surface area (Å²) < 4.78 is 20.6. The highest BCUT2D eigenvalue weighted by Gasteiger charge is 2.18. The molecule has 7 nitrogen and oxygen atoms in total. The first kappa shape index (κ1) is 17.1. The van der Waals surface area contributed by atoms with Crippen LogP contribution in [0.2, 0.25) is 0 Å². The molecule has 0 spiro atoms. The number of benzene rings is 1. The van der Waals surface area contributed by atoms with E-state index in [9.17, 15) is 4.79 Å². The number of methoxy groups -OCH3 is 4. The molecule has 0 fully saturated rings. The molecule has 0 saturated carbocycles. The molecule has 0 bridgehead atoms. The lowest BCUT2D eigenvalue weighted by atomic mass is 10.1.